The lowest BCUT2D eigenvalue weighted by Crippen LogP contribution is -2.31. The van der Waals surface area contributed by atoms with Gasteiger partial charge in [-0.2, -0.15) is 0 Å². The fourth-order valence-electron chi connectivity index (χ4n) is 4.06. The maximum absolute atomic E-state index is 5.82. The molecule has 1 radical (unpaired) electrons. The summed E-state index contributed by atoms with van der Waals surface area (Å²) in [6, 6.07) is 41.9. The van der Waals surface area contributed by atoms with Crippen LogP contribution in [0.4, 0.5) is 0 Å². The number of hydrogen-bond donors (Lipinski definition) is 0. The van der Waals surface area contributed by atoms with E-state index in [0.29, 0.717) is 0 Å². The summed E-state index contributed by atoms with van der Waals surface area (Å²) in [5.41, 5.74) is 4.89. The van der Waals surface area contributed by atoms with Crippen LogP contribution in [0.25, 0.3) is 5.57 Å². The molecule has 0 spiro atoms. The Labute approximate surface area is 173 Å². The number of terminal acetylenes is 1. The van der Waals surface area contributed by atoms with E-state index in [2.05, 4.69) is 96.9 Å². The van der Waals surface area contributed by atoms with Crippen molar-refractivity contribution in [1.29, 1.82) is 0 Å². The Kier molecular flexibility index (Phi) is 5.41. The van der Waals surface area contributed by atoms with E-state index in [4.69, 9.17) is 6.42 Å². The van der Waals surface area contributed by atoms with Gasteiger partial charge in [0.1, 0.15) is 0 Å². The third kappa shape index (κ3) is 3.40. The molecule has 0 nitrogen and oxygen atoms in total. The lowest BCUT2D eigenvalue weighted by atomic mass is 9.63. The Morgan fingerprint density at radius 1 is 0.517 bits per heavy atom. The van der Waals surface area contributed by atoms with Gasteiger partial charge in [0.15, 0.2) is 0 Å². The molecule has 4 aromatic rings. The molecular formula is C29H21. The zero-order chi connectivity index (χ0) is 19.9. The fraction of sp³-hybridized carbons (Fsp3) is 0.0345. The van der Waals surface area contributed by atoms with Crippen LogP contribution in [0, 0.1) is 18.4 Å². The molecule has 0 amide bonds. The van der Waals surface area contributed by atoms with Gasteiger partial charge in [-0.25, -0.2) is 0 Å². The summed E-state index contributed by atoms with van der Waals surface area (Å²) in [6.07, 6.45) is 9.10. The third-order valence-corrected chi connectivity index (χ3v) is 5.26. The van der Waals surface area contributed by atoms with Crippen LogP contribution >= 0.6 is 0 Å². The Morgan fingerprint density at radius 2 is 0.862 bits per heavy atom. The normalized spacial score (nSPS) is 11.6. The van der Waals surface area contributed by atoms with E-state index in [1.54, 1.807) is 0 Å². The second-order valence-corrected chi connectivity index (χ2v) is 6.86. The summed E-state index contributed by atoms with van der Waals surface area (Å²) in [4.78, 5) is 0. The summed E-state index contributed by atoms with van der Waals surface area (Å²) in [7, 11) is 0. The second kappa shape index (κ2) is 8.46. The molecule has 0 aliphatic rings. The van der Waals surface area contributed by atoms with Gasteiger partial charge in [-0.3, -0.25) is 0 Å². The minimum atomic E-state index is -0.586. The fourth-order valence-corrected chi connectivity index (χ4v) is 4.06. The summed E-state index contributed by atoms with van der Waals surface area (Å²) < 4.78 is 0. The molecule has 0 N–H and O–H groups in total. The SMILES string of the molecule is C#C[C]=C(c1ccccc1)C(c1ccccc1)(c1ccccc1)c1ccccc1. The van der Waals surface area contributed by atoms with Crippen molar-refractivity contribution in [2.45, 2.75) is 5.41 Å². The summed E-state index contributed by atoms with van der Waals surface area (Å²) >= 11 is 0. The van der Waals surface area contributed by atoms with Gasteiger partial charge in [0.05, 0.1) is 5.41 Å². The van der Waals surface area contributed by atoms with Crippen molar-refractivity contribution >= 4 is 5.57 Å². The molecule has 0 bridgehead atoms. The molecule has 0 aliphatic heterocycles. The third-order valence-electron chi connectivity index (χ3n) is 5.26. The predicted molar refractivity (Wildman–Crippen MR) is 121 cm³/mol. The predicted octanol–water partition coefficient (Wildman–Crippen LogP) is 6.54. The molecule has 0 atom stereocenters. The first-order valence-electron chi connectivity index (χ1n) is 9.68. The average Bonchev–Trinajstić information content (AvgIpc) is 2.82. The molecule has 137 valence electrons. The molecule has 0 heterocycles. The van der Waals surface area contributed by atoms with Crippen LogP contribution in [-0.2, 0) is 5.41 Å². The van der Waals surface area contributed by atoms with Gasteiger partial charge < -0.3 is 0 Å². The molecule has 4 rings (SSSR count). The first-order valence-corrected chi connectivity index (χ1v) is 9.68. The number of rotatable bonds is 5. The Balaban J connectivity index is 2.17. The Hall–Kier alpha value is -3.82. The first-order chi connectivity index (χ1) is 14.4. The van der Waals surface area contributed by atoms with E-state index >= 15 is 0 Å². The summed E-state index contributed by atoms with van der Waals surface area (Å²) in [5.74, 6) is 2.69. The summed E-state index contributed by atoms with van der Waals surface area (Å²) in [6.45, 7) is 0. The highest BCUT2D eigenvalue weighted by Crippen LogP contribution is 2.48. The molecule has 0 heteroatoms. The number of allylic oxidation sites excluding steroid dienone is 2. The van der Waals surface area contributed by atoms with Crippen molar-refractivity contribution < 1.29 is 0 Å². The van der Waals surface area contributed by atoms with Gasteiger partial charge in [-0.1, -0.05) is 127 Å². The van der Waals surface area contributed by atoms with Crippen molar-refractivity contribution in [3.05, 3.63) is 150 Å². The van der Waals surface area contributed by atoms with Crippen LogP contribution in [-0.4, -0.2) is 0 Å². The van der Waals surface area contributed by atoms with Crippen molar-refractivity contribution in [2.24, 2.45) is 0 Å². The van der Waals surface area contributed by atoms with E-state index < -0.39 is 5.41 Å². The number of hydrogen-bond acceptors (Lipinski definition) is 0. The smallest absolute Gasteiger partial charge is 0.0720 e. The second-order valence-electron chi connectivity index (χ2n) is 6.86. The van der Waals surface area contributed by atoms with E-state index in [1.165, 1.54) is 0 Å². The molecule has 0 saturated carbocycles. The highest BCUT2D eigenvalue weighted by atomic mass is 14.4. The zero-order valence-corrected chi connectivity index (χ0v) is 16.1. The Bertz CT molecular complexity index is 1020. The highest BCUT2D eigenvalue weighted by Gasteiger charge is 2.40. The monoisotopic (exact) mass is 369 g/mol. The van der Waals surface area contributed by atoms with Crippen LogP contribution in [0.2, 0.25) is 0 Å². The average molecular weight is 369 g/mol. The van der Waals surface area contributed by atoms with Crippen LogP contribution in [0.1, 0.15) is 22.3 Å². The van der Waals surface area contributed by atoms with Gasteiger partial charge in [0, 0.05) is 6.08 Å². The Morgan fingerprint density at radius 3 is 1.21 bits per heavy atom. The standard InChI is InChI=1S/C29H21/c1-2-15-28(24-16-7-3-8-17-24)29(25-18-9-4-10-19-25,26-20-11-5-12-21-26)27-22-13-6-14-23-27/h1,3-14,16-23H. The largest absolute Gasteiger partial charge is 0.115 e. The van der Waals surface area contributed by atoms with Gasteiger partial charge in [0.2, 0.25) is 0 Å². The van der Waals surface area contributed by atoms with Crippen LogP contribution in [0.5, 0.6) is 0 Å². The zero-order valence-electron chi connectivity index (χ0n) is 16.1. The molecule has 0 aliphatic carbocycles. The van der Waals surface area contributed by atoms with Crippen molar-refractivity contribution in [2.75, 3.05) is 0 Å². The quantitative estimate of drug-likeness (QED) is 0.277. The molecule has 0 saturated heterocycles. The highest BCUT2D eigenvalue weighted by molar-refractivity contribution is 5.84. The topological polar surface area (TPSA) is 0 Å². The van der Waals surface area contributed by atoms with Gasteiger partial charge >= 0.3 is 0 Å². The van der Waals surface area contributed by atoms with Crippen LogP contribution in [0.3, 0.4) is 0 Å². The first kappa shape index (κ1) is 18.5. The van der Waals surface area contributed by atoms with E-state index in [-0.39, 0.29) is 0 Å². The summed E-state index contributed by atoms with van der Waals surface area (Å²) in [5, 5.41) is 0. The lowest BCUT2D eigenvalue weighted by Gasteiger charge is -2.38. The maximum Gasteiger partial charge on any atom is 0.0720 e. The molecule has 0 unspecified atom stereocenters. The van der Waals surface area contributed by atoms with E-state index in [9.17, 15) is 0 Å². The van der Waals surface area contributed by atoms with Crippen LogP contribution < -0.4 is 0 Å². The van der Waals surface area contributed by atoms with E-state index in [0.717, 1.165) is 27.8 Å². The molecular weight excluding hydrogens is 348 g/mol. The maximum atomic E-state index is 5.82. The van der Waals surface area contributed by atoms with Gasteiger partial charge in [-0.15, -0.1) is 6.42 Å². The molecule has 0 fully saturated rings. The van der Waals surface area contributed by atoms with Crippen molar-refractivity contribution in [1.82, 2.24) is 0 Å². The van der Waals surface area contributed by atoms with E-state index in [1.807, 2.05) is 36.4 Å². The minimum Gasteiger partial charge on any atom is -0.115 e. The lowest BCUT2D eigenvalue weighted by molar-refractivity contribution is 0.799. The number of benzene rings is 4. The molecule has 29 heavy (non-hydrogen) atoms. The van der Waals surface area contributed by atoms with Gasteiger partial charge in [-0.05, 0) is 27.8 Å². The molecule has 0 aromatic heterocycles. The van der Waals surface area contributed by atoms with Crippen molar-refractivity contribution in [3.8, 4) is 12.3 Å². The van der Waals surface area contributed by atoms with Crippen molar-refractivity contribution in [3.63, 3.8) is 0 Å². The molecule has 4 aromatic carbocycles. The van der Waals surface area contributed by atoms with Gasteiger partial charge in [0.25, 0.3) is 0 Å². The van der Waals surface area contributed by atoms with Crippen LogP contribution in [0.15, 0.2) is 121 Å². The minimum absolute atomic E-state index is 0.586.